The van der Waals surface area contributed by atoms with Crippen LogP contribution < -0.4 is 16.9 Å². The lowest BCUT2D eigenvalue weighted by Crippen LogP contribution is -3.00. The van der Waals surface area contributed by atoms with Crippen LogP contribution >= 0.6 is 0 Å². The maximum atomic E-state index is 3.95. The molecule has 0 unspecified atom stereocenters. The standard InChI is InChI=1S/C8H13N2.ClH/c1-10(2,3)8-4-6-9-7-5-8;/h4-7H,1-3H3;1H/q+1;/p-1. The number of hydrogen-bond acceptors (Lipinski definition) is 1. The third-order valence-corrected chi connectivity index (χ3v) is 1.44. The van der Waals surface area contributed by atoms with Gasteiger partial charge in [-0.15, -0.1) is 0 Å². The van der Waals surface area contributed by atoms with Crippen LogP contribution in [-0.4, -0.2) is 26.1 Å². The average molecular weight is 173 g/mol. The Labute approximate surface area is 73.9 Å². The Bertz CT molecular complexity index is 203. The maximum Gasteiger partial charge on any atom is 0.135 e. The molecule has 1 heterocycles. The first kappa shape index (κ1) is 10.4. The van der Waals surface area contributed by atoms with Crippen LogP contribution in [0.4, 0.5) is 5.69 Å². The zero-order valence-corrected chi connectivity index (χ0v) is 7.84. The Kier molecular flexibility index (Phi) is 3.49. The summed E-state index contributed by atoms with van der Waals surface area (Å²) in [6, 6.07) is 4.06. The van der Waals surface area contributed by atoms with Crippen molar-refractivity contribution < 1.29 is 12.4 Å². The molecule has 3 heteroatoms. The smallest absolute Gasteiger partial charge is 0.135 e. The van der Waals surface area contributed by atoms with Crippen LogP contribution in [0.15, 0.2) is 24.5 Å². The van der Waals surface area contributed by atoms with E-state index in [-0.39, 0.29) is 12.4 Å². The van der Waals surface area contributed by atoms with E-state index in [1.807, 2.05) is 24.5 Å². The first-order valence-electron chi connectivity index (χ1n) is 3.33. The summed E-state index contributed by atoms with van der Waals surface area (Å²) in [7, 11) is 6.40. The number of pyridine rings is 1. The number of hydrogen-bond donors (Lipinski definition) is 0. The van der Waals surface area contributed by atoms with Gasteiger partial charge in [-0.05, 0) is 0 Å². The second-order valence-corrected chi connectivity index (χ2v) is 3.22. The van der Waals surface area contributed by atoms with E-state index in [0.717, 1.165) is 4.48 Å². The Balaban J connectivity index is 0.000001000. The number of nitrogens with zero attached hydrogens (tertiary/aromatic N) is 2. The Hall–Kier alpha value is -0.600. The molecule has 0 bridgehead atoms. The van der Waals surface area contributed by atoms with Gasteiger partial charge in [-0.3, -0.25) is 9.47 Å². The molecule has 0 amide bonds. The van der Waals surface area contributed by atoms with E-state index in [9.17, 15) is 0 Å². The van der Waals surface area contributed by atoms with Gasteiger partial charge in [0.1, 0.15) is 5.69 Å². The molecule has 0 aromatic carbocycles. The molecule has 0 fully saturated rings. The van der Waals surface area contributed by atoms with Crippen LogP contribution in [0.25, 0.3) is 0 Å². The van der Waals surface area contributed by atoms with Crippen molar-refractivity contribution in [1.82, 2.24) is 9.47 Å². The highest BCUT2D eigenvalue weighted by atomic mass is 35.5. The van der Waals surface area contributed by atoms with E-state index in [0.29, 0.717) is 0 Å². The second-order valence-electron chi connectivity index (χ2n) is 3.22. The topological polar surface area (TPSA) is 12.9 Å². The third-order valence-electron chi connectivity index (χ3n) is 1.44. The number of aromatic nitrogens is 1. The maximum absolute atomic E-state index is 3.95. The fourth-order valence-corrected chi connectivity index (χ4v) is 0.791. The summed E-state index contributed by atoms with van der Waals surface area (Å²) in [5, 5.41) is 0. The van der Waals surface area contributed by atoms with Gasteiger partial charge in [0.05, 0.1) is 21.1 Å². The van der Waals surface area contributed by atoms with Gasteiger partial charge in [-0.25, -0.2) is 0 Å². The highest BCUT2D eigenvalue weighted by molar-refractivity contribution is 5.38. The van der Waals surface area contributed by atoms with Gasteiger partial charge < -0.3 is 12.4 Å². The van der Waals surface area contributed by atoms with Crippen LogP contribution in [0.3, 0.4) is 0 Å². The summed E-state index contributed by atoms with van der Waals surface area (Å²) in [6.45, 7) is 0. The van der Waals surface area contributed by atoms with Crippen molar-refractivity contribution in [2.24, 2.45) is 0 Å². The van der Waals surface area contributed by atoms with Crippen molar-refractivity contribution in [1.29, 1.82) is 0 Å². The van der Waals surface area contributed by atoms with Gasteiger partial charge in [0.25, 0.3) is 0 Å². The van der Waals surface area contributed by atoms with E-state index in [4.69, 9.17) is 0 Å². The van der Waals surface area contributed by atoms with Crippen LogP contribution in [0.5, 0.6) is 0 Å². The highest BCUT2D eigenvalue weighted by Crippen LogP contribution is 2.12. The SMILES string of the molecule is C[N+](C)(C)c1ccncc1.[Cl-]. The fraction of sp³-hybridized carbons (Fsp3) is 0.375. The molecule has 2 nitrogen and oxygen atoms in total. The van der Waals surface area contributed by atoms with E-state index in [2.05, 4.69) is 26.1 Å². The molecule has 0 aliphatic rings. The van der Waals surface area contributed by atoms with E-state index in [1.54, 1.807) is 0 Å². The van der Waals surface area contributed by atoms with Gasteiger partial charge in [0.15, 0.2) is 0 Å². The summed E-state index contributed by atoms with van der Waals surface area (Å²) in [5.41, 5.74) is 1.27. The van der Waals surface area contributed by atoms with Crippen molar-refractivity contribution in [3.63, 3.8) is 0 Å². The fourth-order valence-electron chi connectivity index (χ4n) is 0.791. The molecule has 0 N–H and O–H groups in total. The van der Waals surface area contributed by atoms with Crippen molar-refractivity contribution in [3.05, 3.63) is 24.5 Å². The molecular weight excluding hydrogens is 160 g/mol. The molecule has 1 aromatic heterocycles. The molecule has 0 saturated heterocycles. The third kappa shape index (κ3) is 2.87. The lowest BCUT2D eigenvalue weighted by Gasteiger charge is -2.22. The second kappa shape index (κ2) is 3.69. The number of quaternary nitrogens is 1. The number of rotatable bonds is 1. The van der Waals surface area contributed by atoms with Gasteiger partial charge in [0, 0.05) is 24.5 Å². The molecule has 0 saturated carbocycles. The molecule has 1 aromatic rings. The summed E-state index contributed by atoms with van der Waals surface area (Å²) in [5.74, 6) is 0. The van der Waals surface area contributed by atoms with E-state index < -0.39 is 0 Å². The predicted molar refractivity (Wildman–Crippen MR) is 43.8 cm³/mol. The zero-order valence-electron chi connectivity index (χ0n) is 7.08. The normalized spacial score (nSPS) is 10.5. The molecule has 0 aliphatic carbocycles. The van der Waals surface area contributed by atoms with Crippen molar-refractivity contribution in [2.45, 2.75) is 0 Å². The largest absolute Gasteiger partial charge is 1.00 e. The Morgan fingerprint density at radius 1 is 1.09 bits per heavy atom. The molecular formula is C8H13ClN2. The van der Waals surface area contributed by atoms with Crippen LogP contribution in [0, 0.1) is 0 Å². The summed E-state index contributed by atoms with van der Waals surface area (Å²) in [6.07, 6.45) is 3.64. The monoisotopic (exact) mass is 172 g/mol. The van der Waals surface area contributed by atoms with Gasteiger partial charge in [-0.2, -0.15) is 0 Å². The minimum absolute atomic E-state index is 0. The van der Waals surface area contributed by atoms with Gasteiger partial charge in [-0.1, -0.05) is 0 Å². The van der Waals surface area contributed by atoms with Crippen LogP contribution in [-0.2, 0) is 0 Å². The zero-order chi connectivity index (χ0) is 7.61. The lowest BCUT2D eigenvalue weighted by atomic mass is 10.3. The predicted octanol–water partition coefficient (Wildman–Crippen LogP) is -1.72. The molecule has 0 aliphatic heterocycles. The molecule has 0 radical (unpaired) electrons. The highest BCUT2D eigenvalue weighted by Gasteiger charge is 2.09. The van der Waals surface area contributed by atoms with Gasteiger partial charge in [0.2, 0.25) is 0 Å². The van der Waals surface area contributed by atoms with Crippen molar-refractivity contribution in [2.75, 3.05) is 21.1 Å². The average Bonchev–Trinajstić information content (AvgIpc) is 1.88. The summed E-state index contributed by atoms with van der Waals surface area (Å²) < 4.78 is 0.850. The molecule has 11 heavy (non-hydrogen) atoms. The van der Waals surface area contributed by atoms with Crippen LogP contribution in [0.2, 0.25) is 0 Å². The molecule has 0 atom stereocenters. The van der Waals surface area contributed by atoms with Crippen LogP contribution in [0.1, 0.15) is 0 Å². The van der Waals surface area contributed by atoms with E-state index >= 15 is 0 Å². The van der Waals surface area contributed by atoms with E-state index in [1.165, 1.54) is 5.69 Å². The molecule has 62 valence electrons. The summed E-state index contributed by atoms with van der Waals surface area (Å²) in [4.78, 5) is 3.95. The minimum atomic E-state index is 0. The summed E-state index contributed by atoms with van der Waals surface area (Å²) >= 11 is 0. The number of halogens is 1. The first-order valence-corrected chi connectivity index (χ1v) is 3.33. The molecule has 1 rings (SSSR count). The first-order chi connectivity index (χ1) is 4.61. The minimum Gasteiger partial charge on any atom is -1.00 e. The van der Waals surface area contributed by atoms with Crippen molar-refractivity contribution in [3.8, 4) is 0 Å². The van der Waals surface area contributed by atoms with Gasteiger partial charge >= 0.3 is 0 Å². The van der Waals surface area contributed by atoms with Crippen molar-refractivity contribution >= 4 is 5.69 Å². The quantitative estimate of drug-likeness (QED) is 0.460. The lowest BCUT2D eigenvalue weighted by molar-refractivity contribution is -0.00000242. The Morgan fingerprint density at radius 3 is 1.82 bits per heavy atom. The molecule has 0 spiro atoms. The Morgan fingerprint density at radius 2 is 1.55 bits per heavy atom.